The number of hydrogen-bond acceptors (Lipinski definition) is 3. The van der Waals surface area contributed by atoms with Crippen molar-refractivity contribution >= 4 is 5.97 Å². The fourth-order valence-electron chi connectivity index (χ4n) is 6.87. The average Bonchev–Trinajstić information content (AvgIpc) is 2.70. The molecule has 0 amide bonds. The lowest BCUT2D eigenvalue weighted by Crippen LogP contribution is -2.65. The third kappa shape index (κ3) is 1.83. The van der Waals surface area contributed by atoms with Crippen LogP contribution in [0, 0.1) is 22.7 Å². The summed E-state index contributed by atoms with van der Waals surface area (Å²) >= 11 is 0. The highest BCUT2D eigenvalue weighted by molar-refractivity contribution is 5.83. The molecular weight excluding hydrogens is 288 g/mol. The van der Waals surface area contributed by atoms with Gasteiger partial charge in [-0.15, -0.1) is 6.58 Å². The summed E-state index contributed by atoms with van der Waals surface area (Å²) < 4.78 is 12.5. The first-order valence-electron chi connectivity index (χ1n) is 9.22. The summed E-state index contributed by atoms with van der Waals surface area (Å²) in [6, 6.07) is 0. The Morgan fingerprint density at radius 1 is 1.17 bits per heavy atom. The maximum Gasteiger partial charge on any atom is 0.339 e. The minimum Gasteiger partial charge on any atom is -0.460 e. The molecule has 2 aliphatic carbocycles. The van der Waals surface area contributed by atoms with Crippen LogP contribution >= 0.6 is 0 Å². The lowest BCUT2D eigenvalue weighted by atomic mass is 9.44. The van der Waals surface area contributed by atoms with Crippen molar-refractivity contribution in [2.75, 3.05) is 0 Å². The lowest BCUT2D eigenvalue weighted by molar-refractivity contribution is -0.241. The molecule has 4 aliphatic rings. The third-order valence-electron chi connectivity index (χ3n) is 7.70. The van der Waals surface area contributed by atoms with Crippen LogP contribution in [-0.4, -0.2) is 23.3 Å². The van der Waals surface area contributed by atoms with E-state index in [-0.39, 0.29) is 28.8 Å². The van der Waals surface area contributed by atoms with Gasteiger partial charge in [0.25, 0.3) is 0 Å². The Hall–Kier alpha value is -0.830. The maximum atomic E-state index is 12.9. The fraction of sp³-hybridized carbons (Fsp3) is 0.850. The topological polar surface area (TPSA) is 35.5 Å². The Morgan fingerprint density at radius 3 is 2.61 bits per heavy atom. The van der Waals surface area contributed by atoms with E-state index in [2.05, 4.69) is 34.3 Å². The molecule has 3 heteroatoms. The van der Waals surface area contributed by atoms with E-state index in [1.54, 1.807) is 0 Å². The quantitative estimate of drug-likeness (QED) is 0.535. The van der Waals surface area contributed by atoms with Gasteiger partial charge in [-0.25, -0.2) is 4.79 Å². The van der Waals surface area contributed by atoms with Crippen LogP contribution in [0.25, 0.3) is 0 Å². The van der Waals surface area contributed by atoms with E-state index >= 15 is 0 Å². The van der Waals surface area contributed by atoms with Crippen molar-refractivity contribution in [1.82, 2.24) is 0 Å². The second kappa shape index (κ2) is 4.41. The number of esters is 1. The molecule has 0 N–H and O–H groups in total. The predicted molar refractivity (Wildman–Crippen MR) is 88.9 cm³/mol. The standard InChI is InChI=1S/C20H30O3/c1-6-18(4)11-8-14-19(5)10-7-9-17(2,3)15(19)13-12-20(14,23-18)16(21)22-13/h6,13-15H,1,7-12H2,2-5H3/t13-,14-,15+,18+,19-,20-/m0/s1. The lowest BCUT2D eigenvalue weighted by Gasteiger charge is -2.62. The van der Waals surface area contributed by atoms with Crippen molar-refractivity contribution in [2.45, 2.75) is 83.5 Å². The summed E-state index contributed by atoms with van der Waals surface area (Å²) in [6.07, 6.45) is 8.28. The van der Waals surface area contributed by atoms with Gasteiger partial charge in [0.05, 0.1) is 5.60 Å². The zero-order valence-corrected chi connectivity index (χ0v) is 15.0. The number of hydrogen-bond donors (Lipinski definition) is 0. The second-order valence-corrected chi connectivity index (χ2v) is 9.57. The van der Waals surface area contributed by atoms with Gasteiger partial charge in [-0.2, -0.15) is 0 Å². The molecule has 0 radical (unpaired) electrons. The Morgan fingerprint density at radius 2 is 1.91 bits per heavy atom. The number of rotatable bonds is 1. The number of fused-ring (bicyclic) bond motifs is 4. The first-order valence-corrected chi connectivity index (χ1v) is 9.22. The zero-order chi connectivity index (χ0) is 16.7. The van der Waals surface area contributed by atoms with Gasteiger partial charge in [0.15, 0.2) is 5.60 Å². The number of carbonyl (C=O) groups excluding carboxylic acids is 1. The van der Waals surface area contributed by atoms with Crippen LogP contribution in [0.1, 0.15) is 66.2 Å². The normalized spacial score (nSPS) is 53.9. The van der Waals surface area contributed by atoms with Crippen LogP contribution in [0.15, 0.2) is 12.7 Å². The molecule has 23 heavy (non-hydrogen) atoms. The summed E-state index contributed by atoms with van der Waals surface area (Å²) in [7, 11) is 0. The Labute approximate surface area is 139 Å². The zero-order valence-electron chi connectivity index (χ0n) is 15.0. The van der Waals surface area contributed by atoms with Gasteiger partial charge in [-0.1, -0.05) is 33.3 Å². The molecule has 2 bridgehead atoms. The van der Waals surface area contributed by atoms with Crippen molar-refractivity contribution < 1.29 is 14.3 Å². The van der Waals surface area contributed by atoms with Gasteiger partial charge in [0.1, 0.15) is 6.10 Å². The van der Waals surface area contributed by atoms with E-state index in [4.69, 9.17) is 9.47 Å². The van der Waals surface area contributed by atoms with Crippen LogP contribution in [-0.2, 0) is 14.3 Å². The van der Waals surface area contributed by atoms with Crippen molar-refractivity contribution in [3.05, 3.63) is 12.7 Å². The Bertz CT molecular complexity index is 567. The summed E-state index contributed by atoms with van der Waals surface area (Å²) in [5, 5.41) is 0. The highest BCUT2D eigenvalue weighted by atomic mass is 16.6. The highest BCUT2D eigenvalue weighted by Gasteiger charge is 2.73. The molecular formula is C20H30O3. The van der Waals surface area contributed by atoms with Crippen LogP contribution < -0.4 is 0 Å². The van der Waals surface area contributed by atoms with E-state index in [0.717, 1.165) is 19.3 Å². The van der Waals surface area contributed by atoms with E-state index in [0.29, 0.717) is 5.92 Å². The van der Waals surface area contributed by atoms with Gasteiger partial charge in [-0.05, 0) is 43.4 Å². The molecule has 6 atom stereocenters. The van der Waals surface area contributed by atoms with E-state index in [9.17, 15) is 4.79 Å². The smallest absolute Gasteiger partial charge is 0.339 e. The van der Waals surface area contributed by atoms with E-state index in [1.165, 1.54) is 19.3 Å². The summed E-state index contributed by atoms with van der Waals surface area (Å²) in [5.74, 6) is 0.621. The van der Waals surface area contributed by atoms with Crippen LogP contribution in [0.5, 0.6) is 0 Å². The van der Waals surface area contributed by atoms with Gasteiger partial charge >= 0.3 is 5.97 Å². The van der Waals surface area contributed by atoms with Crippen molar-refractivity contribution in [1.29, 1.82) is 0 Å². The molecule has 0 unspecified atom stereocenters. The first-order chi connectivity index (χ1) is 10.7. The van der Waals surface area contributed by atoms with E-state index < -0.39 is 11.2 Å². The molecule has 0 aromatic heterocycles. The van der Waals surface area contributed by atoms with Gasteiger partial charge < -0.3 is 9.47 Å². The van der Waals surface area contributed by atoms with E-state index in [1.807, 2.05) is 6.08 Å². The van der Waals surface area contributed by atoms with Crippen molar-refractivity contribution in [3.8, 4) is 0 Å². The average molecular weight is 318 g/mol. The molecule has 0 aromatic rings. The SMILES string of the molecule is C=C[C@]1(C)CC[C@H]2[C@]3(C)CCCC(C)(C)[C@H]3[C@@H]3C[C@@]2(O1)C(=O)O3. The predicted octanol–water partition coefficient (Wildman–Crippen LogP) is 4.26. The largest absolute Gasteiger partial charge is 0.460 e. The molecule has 4 rings (SSSR count). The second-order valence-electron chi connectivity index (χ2n) is 9.57. The first kappa shape index (κ1) is 15.7. The monoisotopic (exact) mass is 318 g/mol. The van der Waals surface area contributed by atoms with Gasteiger partial charge in [0.2, 0.25) is 0 Å². The molecule has 2 aliphatic heterocycles. The van der Waals surface area contributed by atoms with Gasteiger partial charge in [-0.3, -0.25) is 0 Å². The van der Waals surface area contributed by atoms with Gasteiger partial charge in [0, 0.05) is 18.3 Å². The van der Waals surface area contributed by atoms with Crippen LogP contribution in [0.2, 0.25) is 0 Å². The minimum absolute atomic E-state index is 0.0196. The molecule has 128 valence electrons. The van der Waals surface area contributed by atoms with Crippen LogP contribution in [0.4, 0.5) is 0 Å². The molecule has 3 nitrogen and oxygen atoms in total. The summed E-state index contributed by atoms with van der Waals surface area (Å²) in [5.41, 5.74) is -0.769. The molecule has 2 saturated heterocycles. The number of carbonyl (C=O) groups is 1. The fourth-order valence-corrected chi connectivity index (χ4v) is 6.87. The van der Waals surface area contributed by atoms with Crippen LogP contribution in [0.3, 0.4) is 0 Å². The highest BCUT2D eigenvalue weighted by Crippen LogP contribution is 2.68. The molecule has 0 aromatic carbocycles. The Balaban J connectivity index is 1.82. The molecule has 2 heterocycles. The molecule has 2 saturated carbocycles. The molecule has 4 fully saturated rings. The molecule has 1 spiro atoms. The maximum absolute atomic E-state index is 12.9. The summed E-state index contributed by atoms with van der Waals surface area (Å²) in [6.45, 7) is 13.1. The summed E-state index contributed by atoms with van der Waals surface area (Å²) in [4.78, 5) is 12.9. The van der Waals surface area contributed by atoms with Crippen molar-refractivity contribution in [2.24, 2.45) is 22.7 Å². The number of ether oxygens (including phenoxy) is 2. The third-order valence-corrected chi connectivity index (χ3v) is 7.70. The Kier molecular flexibility index (Phi) is 3.01. The minimum atomic E-state index is -0.732. The van der Waals surface area contributed by atoms with Crippen molar-refractivity contribution in [3.63, 3.8) is 0 Å².